The number of hydrogen-bond donors (Lipinski definition) is 1. The van der Waals surface area contributed by atoms with Crippen LogP contribution in [0, 0.1) is 0 Å². The Hall–Kier alpha value is -1.53. The second-order valence-corrected chi connectivity index (χ2v) is 5.14. The van der Waals surface area contributed by atoms with Crippen molar-refractivity contribution in [1.82, 2.24) is 0 Å². The molecule has 0 aromatic heterocycles. The monoisotopic (exact) mass is 281 g/mol. The van der Waals surface area contributed by atoms with Gasteiger partial charge in [-0.25, -0.2) is 0 Å². The van der Waals surface area contributed by atoms with Gasteiger partial charge in [-0.15, -0.1) is 0 Å². The Morgan fingerprint density at radius 3 is 3.00 bits per heavy atom. The molecule has 0 aliphatic carbocycles. The van der Waals surface area contributed by atoms with Crippen LogP contribution in [0.25, 0.3) is 0 Å². The molecule has 1 aliphatic heterocycles. The third-order valence-corrected chi connectivity index (χ3v) is 3.52. The minimum Gasteiger partial charge on any atom is -0.508 e. The number of phenols is 1. The molecule has 1 fully saturated rings. The molecule has 1 N–H and O–H groups in total. The van der Waals surface area contributed by atoms with Crippen LogP contribution in [0.15, 0.2) is 35.4 Å². The smallest absolute Gasteiger partial charge is 0.273 e. The van der Waals surface area contributed by atoms with Gasteiger partial charge in [0.15, 0.2) is 4.32 Å². The molecule has 0 saturated carbocycles. The number of ether oxygens (including phenoxy) is 1. The van der Waals surface area contributed by atoms with Gasteiger partial charge in [0.05, 0.1) is 12.3 Å². The molecule has 18 heavy (non-hydrogen) atoms. The third kappa shape index (κ3) is 2.49. The number of carbonyl (C=O) groups excluding carboxylic acids is 1. The van der Waals surface area contributed by atoms with Crippen LogP contribution in [0.2, 0.25) is 0 Å². The highest BCUT2D eigenvalue weighted by molar-refractivity contribution is 8.27. The standard InChI is InChI=1S/C12H11NO3S2/c1-2-16-7-10-11(15)13(12(17)18-10)8-4-3-5-9(14)6-8/h3-7,14H,2H2,1H3/b10-7-. The van der Waals surface area contributed by atoms with Crippen LogP contribution in [-0.4, -0.2) is 21.9 Å². The number of anilines is 1. The van der Waals surface area contributed by atoms with Gasteiger partial charge < -0.3 is 9.84 Å². The van der Waals surface area contributed by atoms with Crippen LogP contribution in [-0.2, 0) is 9.53 Å². The van der Waals surface area contributed by atoms with Gasteiger partial charge in [-0.2, -0.15) is 0 Å². The van der Waals surface area contributed by atoms with Gasteiger partial charge in [0, 0.05) is 6.07 Å². The Kier molecular flexibility index (Phi) is 3.88. The molecule has 1 aromatic rings. The van der Waals surface area contributed by atoms with Crippen molar-refractivity contribution in [3.05, 3.63) is 35.4 Å². The molecular weight excluding hydrogens is 270 g/mol. The predicted octanol–water partition coefficient (Wildman–Crippen LogP) is 2.63. The van der Waals surface area contributed by atoms with Gasteiger partial charge >= 0.3 is 0 Å². The summed E-state index contributed by atoms with van der Waals surface area (Å²) in [5, 5.41) is 9.43. The van der Waals surface area contributed by atoms with Crippen molar-refractivity contribution < 1.29 is 14.6 Å². The van der Waals surface area contributed by atoms with Crippen molar-refractivity contribution in [2.24, 2.45) is 0 Å². The van der Waals surface area contributed by atoms with Gasteiger partial charge in [-0.05, 0) is 19.1 Å². The van der Waals surface area contributed by atoms with Gasteiger partial charge in [0.1, 0.15) is 16.9 Å². The maximum Gasteiger partial charge on any atom is 0.273 e. The minimum atomic E-state index is -0.232. The largest absolute Gasteiger partial charge is 0.508 e. The van der Waals surface area contributed by atoms with Crippen molar-refractivity contribution in [3.63, 3.8) is 0 Å². The van der Waals surface area contributed by atoms with Crippen LogP contribution in [0.5, 0.6) is 5.75 Å². The summed E-state index contributed by atoms with van der Waals surface area (Å²) in [7, 11) is 0. The van der Waals surface area contributed by atoms with Crippen LogP contribution < -0.4 is 4.90 Å². The average molecular weight is 281 g/mol. The van der Waals surface area contributed by atoms with E-state index in [1.54, 1.807) is 12.1 Å². The zero-order valence-electron chi connectivity index (χ0n) is 9.62. The summed E-state index contributed by atoms with van der Waals surface area (Å²) in [6.45, 7) is 2.34. The molecular formula is C12H11NO3S2. The SMILES string of the molecule is CCO/C=C1\SC(=S)N(c2cccc(O)c2)C1=O. The van der Waals surface area contributed by atoms with E-state index in [9.17, 15) is 9.90 Å². The van der Waals surface area contributed by atoms with E-state index in [0.29, 0.717) is 21.5 Å². The number of benzene rings is 1. The molecule has 94 valence electrons. The maximum absolute atomic E-state index is 12.1. The van der Waals surface area contributed by atoms with E-state index in [-0.39, 0.29) is 11.7 Å². The Bertz CT molecular complexity index is 528. The first kappa shape index (κ1) is 12.9. The van der Waals surface area contributed by atoms with E-state index in [2.05, 4.69) is 0 Å². The number of thioether (sulfide) groups is 1. The molecule has 4 nitrogen and oxygen atoms in total. The third-order valence-electron chi connectivity index (χ3n) is 2.24. The molecule has 0 spiro atoms. The summed E-state index contributed by atoms with van der Waals surface area (Å²) in [4.78, 5) is 13.9. The molecule has 0 unspecified atom stereocenters. The Balaban J connectivity index is 2.30. The second-order valence-electron chi connectivity index (χ2n) is 3.47. The fraction of sp³-hybridized carbons (Fsp3) is 0.167. The normalized spacial score (nSPS) is 17.6. The van der Waals surface area contributed by atoms with Crippen molar-refractivity contribution >= 4 is 39.9 Å². The lowest BCUT2D eigenvalue weighted by Crippen LogP contribution is -2.27. The highest BCUT2D eigenvalue weighted by Crippen LogP contribution is 2.35. The molecule has 1 aliphatic rings. The average Bonchev–Trinajstić information content (AvgIpc) is 2.62. The summed E-state index contributed by atoms with van der Waals surface area (Å²) in [6, 6.07) is 6.41. The highest BCUT2D eigenvalue weighted by Gasteiger charge is 2.33. The second kappa shape index (κ2) is 5.41. The van der Waals surface area contributed by atoms with Gasteiger partial charge in [-0.3, -0.25) is 9.69 Å². The molecule has 1 aromatic carbocycles. The Morgan fingerprint density at radius 2 is 2.33 bits per heavy atom. The molecule has 1 heterocycles. The Labute approximate surface area is 114 Å². The van der Waals surface area contributed by atoms with E-state index >= 15 is 0 Å². The molecule has 0 atom stereocenters. The first-order valence-corrected chi connectivity index (χ1v) is 6.53. The Morgan fingerprint density at radius 1 is 1.56 bits per heavy atom. The topological polar surface area (TPSA) is 49.8 Å². The number of carbonyl (C=O) groups is 1. The fourth-order valence-electron chi connectivity index (χ4n) is 1.46. The summed E-state index contributed by atoms with van der Waals surface area (Å²) in [6.07, 6.45) is 1.42. The maximum atomic E-state index is 12.1. The molecule has 0 bridgehead atoms. The molecule has 1 saturated heterocycles. The molecule has 1 amide bonds. The lowest BCUT2D eigenvalue weighted by molar-refractivity contribution is -0.113. The zero-order valence-corrected chi connectivity index (χ0v) is 11.3. The van der Waals surface area contributed by atoms with Crippen LogP contribution >= 0.6 is 24.0 Å². The first-order chi connectivity index (χ1) is 8.63. The minimum absolute atomic E-state index is 0.0929. The highest BCUT2D eigenvalue weighted by atomic mass is 32.2. The number of aromatic hydroxyl groups is 1. The molecule has 2 rings (SSSR count). The summed E-state index contributed by atoms with van der Waals surface area (Å²) in [5.74, 6) is -0.139. The predicted molar refractivity (Wildman–Crippen MR) is 75.5 cm³/mol. The number of nitrogens with zero attached hydrogens (tertiary/aromatic N) is 1. The van der Waals surface area contributed by atoms with Crippen molar-refractivity contribution in [1.29, 1.82) is 0 Å². The fourth-order valence-corrected chi connectivity index (χ4v) is 2.68. The number of hydrogen-bond acceptors (Lipinski definition) is 5. The molecule has 0 radical (unpaired) electrons. The van der Waals surface area contributed by atoms with Crippen molar-refractivity contribution in [2.45, 2.75) is 6.92 Å². The number of rotatable bonds is 3. The molecule has 6 heteroatoms. The van der Waals surface area contributed by atoms with Gasteiger partial charge in [0.25, 0.3) is 5.91 Å². The summed E-state index contributed by atoms with van der Waals surface area (Å²) in [5.41, 5.74) is 0.553. The van der Waals surface area contributed by atoms with Crippen molar-refractivity contribution in [2.75, 3.05) is 11.5 Å². The zero-order chi connectivity index (χ0) is 13.1. The lowest BCUT2D eigenvalue weighted by Gasteiger charge is -2.14. The van der Waals surface area contributed by atoms with E-state index < -0.39 is 0 Å². The van der Waals surface area contributed by atoms with E-state index in [1.165, 1.54) is 35.1 Å². The van der Waals surface area contributed by atoms with Crippen molar-refractivity contribution in [3.8, 4) is 5.75 Å². The van der Waals surface area contributed by atoms with Crippen LogP contribution in [0.4, 0.5) is 5.69 Å². The van der Waals surface area contributed by atoms with Gasteiger partial charge in [-0.1, -0.05) is 30.0 Å². The first-order valence-electron chi connectivity index (χ1n) is 5.30. The number of amides is 1. The van der Waals surface area contributed by atoms with Crippen LogP contribution in [0.3, 0.4) is 0 Å². The van der Waals surface area contributed by atoms with Crippen LogP contribution in [0.1, 0.15) is 6.92 Å². The number of phenolic OH excluding ortho intramolecular Hbond substituents is 1. The quantitative estimate of drug-likeness (QED) is 0.524. The summed E-state index contributed by atoms with van der Waals surface area (Å²) >= 11 is 6.35. The lowest BCUT2D eigenvalue weighted by atomic mass is 10.3. The van der Waals surface area contributed by atoms with E-state index in [4.69, 9.17) is 17.0 Å². The summed E-state index contributed by atoms with van der Waals surface area (Å²) < 4.78 is 5.53. The van der Waals surface area contributed by atoms with Gasteiger partial charge in [0.2, 0.25) is 0 Å². The van der Waals surface area contributed by atoms with E-state index in [0.717, 1.165) is 0 Å². The van der Waals surface area contributed by atoms with E-state index in [1.807, 2.05) is 6.92 Å². The number of thiocarbonyl (C=S) groups is 1.